The molecule has 246 valence electrons. The number of hydrogen-bond donors (Lipinski definition) is 1. The SMILES string of the molecule is C=c1/c(=C\C=C(/C)C(=O)O)c(C2CCCCC2)c(-c2ccc3nc(-c4cc(OC)ccc4-c4ccc(Cl)cc4)ccc3c2C)n1CCC. The lowest BCUT2D eigenvalue weighted by Crippen LogP contribution is -2.29. The van der Waals surface area contributed by atoms with Crippen LogP contribution >= 0.6 is 11.6 Å². The van der Waals surface area contributed by atoms with Gasteiger partial charge in [0.15, 0.2) is 0 Å². The number of aryl methyl sites for hydroxylation is 1. The van der Waals surface area contributed by atoms with Crippen molar-refractivity contribution < 1.29 is 14.6 Å². The molecule has 6 rings (SSSR count). The molecule has 3 aromatic carbocycles. The van der Waals surface area contributed by atoms with Crippen molar-refractivity contribution in [3.8, 4) is 39.4 Å². The molecule has 2 aromatic heterocycles. The lowest BCUT2D eigenvalue weighted by Gasteiger charge is -2.24. The summed E-state index contributed by atoms with van der Waals surface area (Å²) < 4.78 is 7.98. The molecule has 1 saturated carbocycles. The molecule has 6 heteroatoms. The molecule has 0 radical (unpaired) electrons. The number of carboxylic acids is 1. The Morgan fingerprint density at radius 3 is 2.44 bits per heavy atom. The van der Waals surface area contributed by atoms with Crippen molar-refractivity contribution in [3.05, 3.63) is 105 Å². The zero-order valence-electron chi connectivity index (χ0n) is 28.3. The Bertz CT molecular complexity index is 2140. The second-order valence-electron chi connectivity index (χ2n) is 12.9. The number of carboxylic acid groups (broad SMARTS) is 1. The second-order valence-corrected chi connectivity index (χ2v) is 13.3. The van der Waals surface area contributed by atoms with Gasteiger partial charge in [-0.2, -0.15) is 0 Å². The first-order valence-corrected chi connectivity index (χ1v) is 17.3. The molecular weight excluding hydrogens is 616 g/mol. The van der Waals surface area contributed by atoms with Gasteiger partial charge in [0.05, 0.1) is 24.0 Å². The average Bonchev–Trinajstić information content (AvgIpc) is 3.37. The van der Waals surface area contributed by atoms with Crippen molar-refractivity contribution >= 4 is 41.1 Å². The van der Waals surface area contributed by atoms with Gasteiger partial charge >= 0.3 is 5.97 Å². The minimum Gasteiger partial charge on any atom is -0.497 e. The quantitative estimate of drug-likeness (QED) is 0.160. The lowest BCUT2D eigenvalue weighted by atomic mass is 9.81. The third-order valence-electron chi connectivity index (χ3n) is 9.80. The topological polar surface area (TPSA) is 64.3 Å². The Balaban J connectivity index is 1.55. The summed E-state index contributed by atoms with van der Waals surface area (Å²) in [5.74, 6) is 0.260. The van der Waals surface area contributed by atoms with E-state index in [9.17, 15) is 9.90 Å². The minimum absolute atomic E-state index is 0.313. The highest BCUT2D eigenvalue weighted by atomic mass is 35.5. The number of hydrogen-bond acceptors (Lipinski definition) is 3. The predicted octanol–water partition coefficient (Wildman–Crippen LogP) is 9.69. The Morgan fingerprint density at radius 2 is 1.75 bits per heavy atom. The van der Waals surface area contributed by atoms with E-state index in [1.54, 1.807) is 20.1 Å². The van der Waals surface area contributed by atoms with Gasteiger partial charge in [0.25, 0.3) is 0 Å². The number of aliphatic carboxylic acids is 1. The maximum atomic E-state index is 11.7. The van der Waals surface area contributed by atoms with Gasteiger partial charge in [-0.15, -0.1) is 0 Å². The van der Waals surface area contributed by atoms with E-state index in [0.29, 0.717) is 16.5 Å². The van der Waals surface area contributed by atoms with Crippen molar-refractivity contribution in [2.75, 3.05) is 7.11 Å². The van der Waals surface area contributed by atoms with E-state index in [1.807, 2.05) is 42.5 Å². The number of fused-ring (bicyclic) bond motifs is 1. The molecule has 0 amide bonds. The van der Waals surface area contributed by atoms with Crippen LogP contribution in [0.15, 0.2) is 78.4 Å². The van der Waals surface area contributed by atoms with Crippen LogP contribution in [-0.2, 0) is 11.3 Å². The first-order chi connectivity index (χ1) is 23.2. The monoisotopic (exact) mass is 658 g/mol. The van der Waals surface area contributed by atoms with Gasteiger partial charge in [-0.1, -0.05) is 86.8 Å². The van der Waals surface area contributed by atoms with Gasteiger partial charge in [-0.05, 0) is 97.7 Å². The van der Waals surface area contributed by atoms with Gasteiger partial charge in [-0.3, -0.25) is 0 Å². The molecule has 48 heavy (non-hydrogen) atoms. The van der Waals surface area contributed by atoms with Crippen LogP contribution in [0.4, 0.5) is 0 Å². The van der Waals surface area contributed by atoms with E-state index in [0.717, 1.165) is 75.4 Å². The third kappa shape index (κ3) is 6.44. The highest BCUT2D eigenvalue weighted by Crippen LogP contribution is 2.40. The summed E-state index contributed by atoms with van der Waals surface area (Å²) >= 11 is 6.21. The third-order valence-corrected chi connectivity index (χ3v) is 10.1. The number of halogens is 1. The van der Waals surface area contributed by atoms with Crippen LogP contribution in [0.1, 0.15) is 69.4 Å². The first kappa shape index (κ1) is 33.3. The molecule has 0 spiro atoms. The van der Waals surface area contributed by atoms with Crippen LogP contribution in [0.25, 0.3) is 57.2 Å². The summed E-state index contributed by atoms with van der Waals surface area (Å²) in [5, 5.41) is 13.4. The van der Waals surface area contributed by atoms with Crippen molar-refractivity contribution in [1.82, 2.24) is 9.55 Å². The molecule has 1 fully saturated rings. The fourth-order valence-electron chi connectivity index (χ4n) is 7.24. The smallest absolute Gasteiger partial charge is 0.331 e. The van der Waals surface area contributed by atoms with E-state index in [1.165, 1.54) is 41.6 Å². The van der Waals surface area contributed by atoms with E-state index in [4.69, 9.17) is 21.3 Å². The summed E-state index contributed by atoms with van der Waals surface area (Å²) in [6.45, 7) is 11.4. The molecule has 0 unspecified atom stereocenters. The molecule has 0 atom stereocenters. The zero-order valence-corrected chi connectivity index (χ0v) is 29.0. The Hall–Kier alpha value is -4.61. The molecule has 1 N–H and O–H groups in total. The number of carbonyl (C=O) groups is 1. The second kappa shape index (κ2) is 14.2. The number of methoxy groups -OCH3 is 1. The van der Waals surface area contributed by atoms with E-state index < -0.39 is 5.97 Å². The highest BCUT2D eigenvalue weighted by Gasteiger charge is 2.26. The molecule has 1 aliphatic rings. The van der Waals surface area contributed by atoms with Crippen LogP contribution < -0.4 is 15.3 Å². The van der Waals surface area contributed by atoms with Crippen molar-refractivity contribution in [1.29, 1.82) is 0 Å². The summed E-state index contributed by atoms with van der Waals surface area (Å²) in [7, 11) is 1.68. The molecule has 0 saturated heterocycles. The number of nitrogens with zero attached hydrogens (tertiary/aromatic N) is 2. The minimum atomic E-state index is -0.907. The van der Waals surface area contributed by atoms with Crippen molar-refractivity contribution in [2.24, 2.45) is 0 Å². The Kier molecular flexibility index (Phi) is 9.88. The van der Waals surface area contributed by atoms with Crippen LogP contribution in [0.5, 0.6) is 5.75 Å². The molecule has 0 bridgehead atoms. The number of rotatable bonds is 9. The normalized spacial score (nSPS) is 14.5. The first-order valence-electron chi connectivity index (χ1n) is 16.9. The van der Waals surface area contributed by atoms with Crippen molar-refractivity contribution in [2.45, 2.75) is 71.8 Å². The summed E-state index contributed by atoms with van der Waals surface area (Å²) in [6, 6.07) is 22.6. The molecule has 2 heterocycles. The van der Waals surface area contributed by atoms with Gasteiger partial charge in [0.2, 0.25) is 0 Å². The molecule has 0 aliphatic heterocycles. The van der Waals surface area contributed by atoms with E-state index in [-0.39, 0.29) is 0 Å². The van der Waals surface area contributed by atoms with Gasteiger partial charge < -0.3 is 14.4 Å². The standard InChI is InChI=1S/C42H43ClN2O3/c1-6-24-45-28(4)35(18-12-26(2)42(46)47)40(30-10-8-7-9-11-30)41(45)34-21-23-38-33(27(34)3)20-22-39(44-38)37-25-32(48-5)17-19-36(37)29-13-15-31(43)16-14-29/h12-23,25,30H,4,6-11,24H2,1-3,5H3,(H,46,47)/b26-12+,35-18+. The molecule has 1 aliphatic carbocycles. The van der Waals surface area contributed by atoms with Crippen LogP contribution in [-0.4, -0.2) is 27.7 Å². The number of pyridine rings is 1. The summed E-state index contributed by atoms with van der Waals surface area (Å²) in [4.78, 5) is 16.9. The van der Waals surface area contributed by atoms with Gasteiger partial charge in [-0.25, -0.2) is 9.78 Å². The fraction of sp³-hybridized carbons (Fsp3) is 0.286. The maximum Gasteiger partial charge on any atom is 0.331 e. The number of allylic oxidation sites excluding steroid dienone is 1. The zero-order chi connectivity index (χ0) is 33.9. The van der Waals surface area contributed by atoms with Crippen LogP contribution in [0, 0.1) is 6.92 Å². The molecular formula is C42H43ClN2O3. The van der Waals surface area contributed by atoms with Crippen molar-refractivity contribution in [3.63, 3.8) is 0 Å². The predicted molar refractivity (Wildman–Crippen MR) is 199 cm³/mol. The summed E-state index contributed by atoms with van der Waals surface area (Å²) in [6.07, 6.45) is 10.6. The Labute approximate surface area is 287 Å². The van der Waals surface area contributed by atoms with E-state index in [2.05, 4.69) is 55.3 Å². The number of aromatic nitrogens is 2. The largest absolute Gasteiger partial charge is 0.497 e. The number of benzene rings is 3. The fourth-order valence-corrected chi connectivity index (χ4v) is 7.37. The summed E-state index contributed by atoms with van der Waals surface area (Å²) in [5.41, 5.74) is 10.1. The Morgan fingerprint density at radius 1 is 1.02 bits per heavy atom. The van der Waals surface area contributed by atoms with Crippen LogP contribution in [0.3, 0.4) is 0 Å². The van der Waals surface area contributed by atoms with E-state index >= 15 is 0 Å². The van der Waals surface area contributed by atoms with Gasteiger partial charge in [0.1, 0.15) is 5.75 Å². The highest BCUT2D eigenvalue weighted by molar-refractivity contribution is 6.30. The number of ether oxygens (including phenoxy) is 1. The molecule has 5 aromatic rings. The maximum absolute atomic E-state index is 11.7. The average molecular weight is 659 g/mol. The van der Waals surface area contributed by atoms with Gasteiger partial charge in [0, 0.05) is 44.2 Å². The van der Waals surface area contributed by atoms with Crippen LogP contribution in [0.2, 0.25) is 5.02 Å². The lowest BCUT2D eigenvalue weighted by molar-refractivity contribution is -0.132. The molecule has 5 nitrogen and oxygen atoms in total.